The number of nitrogens with zero attached hydrogens (tertiary/aromatic N) is 2. The van der Waals surface area contributed by atoms with Gasteiger partial charge in [0.15, 0.2) is 0 Å². The van der Waals surface area contributed by atoms with Gasteiger partial charge in [0.05, 0.1) is 0 Å². The normalized spacial score (nSPS) is 25.1. The lowest BCUT2D eigenvalue weighted by Crippen LogP contribution is -2.21. The van der Waals surface area contributed by atoms with Gasteiger partial charge >= 0.3 is 0 Å². The molecule has 0 unspecified atom stereocenters. The number of hydrogen-bond acceptors (Lipinski definition) is 4. The number of halogens is 1. The van der Waals surface area contributed by atoms with Gasteiger partial charge in [-0.15, -0.1) is 11.6 Å². The Kier molecular flexibility index (Phi) is 4.49. The molecule has 18 heavy (non-hydrogen) atoms. The average Bonchev–Trinajstić information content (AvgIpc) is 2.77. The molecule has 102 valence electrons. The quantitative estimate of drug-likeness (QED) is 0.853. The Balaban J connectivity index is 1.82. The third-order valence-corrected chi connectivity index (χ3v) is 4.52. The van der Waals surface area contributed by atoms with Crippen LogP contribution in [-0.4, -0.2) is 21.3 Å². The van der Waals surface area contributed by atoms with Crippen molar-refractivity contribution in [1.82, 2.24) is 9.36 Å². The molecular weight excluding hydrogens is 266 g/mol. The van der Waals surface area contributed by atoms with Crippen molar-refractivity contribution in [2.75, 3.05) is 11.9 Å². The van der Waals surface area contributed by atoms with Crippen molar-refractivity contribution in [1.29, 1.82) is 0 Å². The molecule has 3 nitrogen and oxygen atoms in total. The van der Waals surface area contributed by atoms with Gasteiger partial charge < -0.3 is 5.32 Å². The second-order valence-electron chi connectivity index (χ2n) is 6.17. The maximum absolute atomic E-state index is 6.11. The van der Waals surface area contributed by atoms with Crippen LogP contribution in [0.15, 0.2) is 0 Å². The van der Waals surface area contributed by atoms with E-state index < -0.39 is 0 Å². The molecule has 0 saturated heterocycles. The maximum atomic E-state index is 6.11. The van der Waals surface area contributed by atoms with E-state index in [1.165, 1.54) is 24.4 Å². The lowest BCUT2D eigenvalue weighted by molar-refractivity contribution is 0.378. The number of rotatable bonds is 3. The zero-order valence-electron chi connectivity index (χ0n) is 11.4. The van der Waals surface area contributed by atoms with Crippen molar-refractivity contribution < 1.29 is 0 Å². The van der Waals surface area contributed by atoms with Crippen molar-refractivity contribution in [2.24, 2.45) is 5.92 Å². The van der Waals surface area contributed by atoms with Crippen LogP contribution in [0.2, 0.25) is 0 Å². The van der Waals surface area contributed by atoms with E-state index in [0.29, 0.717) is 5.38 Å². The van der Waals surface area contributed by atoms with Crippen LogP contribution < -0.4 is 5.32 Å². The van der Waals surface area contributed by atoms with Crippen LogP contribution in [0.4, 0.5) is 5.13 Å². The Bertz CT molecular complexity index is 378. The molecule has 1 fully saturated rings. The number of aromatic nitrogens is 2. The van der Waals surface area contributed by atoms with E-state index in [1.54, 1.807) is 0 Å². The first-order valence-electron chi connectivity index (χ1n) is 6.67. The van der Waals surface area contributed by atoms with Gasteiger partial charge in [0.2, 0.25) is 5.13 Å². The summed E-state index contributed by atoms with van der Waals surface area (Å²) in [6.45, 7) is 7.42. The molecule has 0 spiro atoms. The Hall–Kier alpha value is -0.350. The molecule has 1 aliphatic carbocycles. The molecule has 0 radical (unpaired) electrons. The van der Waals surface area contributed by atoms with E-state index in [4.69, 9.17) is 11.6 Å². The Morgan fingerprint density at radius 3 is 2.50 bits per heavy atom. The standard InChI is InChI=1S/C13H22ClN3S/c1-13(2,3)11-16-12(18-17-11)15-8-9-4-6-10(14)7-5-9/h9-10H,4-8H2,1-3H3,(H,15,16,17). The molecule has 1 aliphatic rings. The second-order valence-corrected chi connectivity index (χ2v) is 7.54. The fourth-order valence-corrected chi connectivity index (χ4v) is 3.17. The van der Waals surface area contributed by atoms with E-state index in [2.05, 4.69) is 35.4 Å². The summed E-state index contributed by atoms with van der Waals surface area (Å²) in [5.74, 6) is 1.67. The lowest BCUT2D eigenvalue weighted by atomic mass is 9.89. The predicted octanol–water partition coefficient (Wildman–Crippen LogP) is 4.05. The summed E-state index contributed by atoms with van der Waals surface area (Å²) in [4.78, 5) is 4.55. The van der Waals surface area contributed by atoms with E-state index in [9.17, 15) is 0 Å². The zero-order valence-corrected chi connectivity index (χ0v) is 12.9. The maximum Gasteiger partial charge on any atom is 0.202 e. The summed E-state index contributed by atoms with van der Waals surface area (Å²) in [5.41, 5.74) is 0.0348. The molecule has 1 aromatic rings. The van der Waals surface area contributed by atoms with Crippen LogP contribution in [0.1, 0.15) is 52.3 Å². The molecule has 0 amide bonds. The van der Waals surface area contributed by atoms with Crippen LogP contribution in [0, 0.1) is 5.92 Å². The van der Waals surface area contributed by atoms with Crippen LogP contribution in [-0.2, 0) is 5.41 Å². The lowest BCUT2D eigenvalue weighted by Gasteiger charge is -2.24. The van der Waals surface area contributed by atoms with Crippen LogP contribution in [0.5, 0.6) is 0 Å². The Labute approximate surface area is 119 Å². The van der Waals surface area contributed by atoms with Gasteiger partial charge in [-0.3, -0.25) is 0 Å². The molecule has 0 bridgehead atoms. The summed E-state index contributed by atoms with van der Waals surface area (Å²) < 4.78 is 4.41. The van der Waals surface area contributed by atoms with Gasteiger partial charge in [-0.05, 0) is 31.6 Å². The minimum Gasteiger partial charge on any atom is -0.360 e. The third-order valence-electron chi connectivity index (χ3n) is 3.42. The summed E-state index contributed by atoms with van der Waals surface area (Å²) in [6, 6.07) is 0. The van der Waals surface area contributed by atoms with Crippen molar-refractivity contribution in [3.05, 3.63) is 5.82 Å². The van der Waals surface area contributed by atoms with Gasteiger partial charge in [0.25, 0.3) is 0 Å². The predicted molar refractivity (Wildman–Crippen MR) is 78.7 cm³/mol. The molecule has 1 saturated carbocycles. The fraction of sp³-hybridized carbons (Fsp3) is 0.846. The molecule has 2 rings (SSSR count). The number of alkyl halides is 1. The van der Waals surface area contributed by atoms with E-state index in [1.807, 2.05) is 0 Å². The first kappa shape index (κ1) is 14.1. The third kappa shape index (κ3) is 3.82. The van der Waals surface area contributed by atoms with Gasteiger partial charge in [0, 0.05) is 28.9 Å². The summed E-state index contributed by atoms with van der Waals surface area (Å²) in [5, 5.41) is 4.77. The molecule has 1 heterocycles. The summed E-state index contributed by atoms with van der Waals surface area (Å²) in [7, 11) is 0. The van der Waals surface area contributed by atoms with Crippen molar-refractivity contribution >= 4 is 28.3 Å². The summed E-state index contributed by atoms with van der Waals surface area (Å²) >= 11 is 7.58. The van der Waals surface area contributed by atoms with E-state index in [0.717, 1.165) is 36.3 Å². The van der Waals surface area contributed by atoms with Crippen molar-refractivity contribution in [3.63, 3.8) is 0 Å². The molecule has 0 aromatic carbocycles. The topological polar surface area (TPSA) is 37.8 Å². The highest BCUT2D eigenvalue weighted by Crippen LogP contribution is 2.28. The first-order chi connectivity index (χ1) is 8.45. The van der Waals surface area contributed by atoms with E-state index in [-0.39, 0.29) is 5.41 Å². The number of hydrogen-bond donors (Lipinski definition) is 1. The highest BCUT2D eigenvalue weighted by molar-refractivity contribution is 7.09. The minimum absolute atomic E-state index is 0.0348. The highest BCUT2D eigenvalue weighted by Gasteiger charge is 2.21. The average molecular weight is 288 g/mol. The highest BCUT2D eigenvalue weighted by atomic mass is 35.5. The largest absolute Gasteiger partial charge is 0.360 e. The van der Waals surface area contributed by atoms with Crippen LogP contribution in [0.3, 0.4) is 0 Å². The van der Waals surface area contributed by atoms with Crippen LogP contribution in [0.25, 0.3) is 0 Å². The molecule has 0 aliphatic heterocycles. The molecular formula is C13H22ClN3S. The van der Waals surface area contributed by atoms with Gasteiger partial charge in [-0.1, -0.05) is 20.8 Å². The molecule has 1 aromatic heterocycles. The Morgan fingerprint density at radius 1 is 1.28 bits per heavy atom. The second kappa shape index (κ2) is 5.74. The first-order valence-corrected chi connectivity index (χ1v) is 7.88. The molecule has 0 atom stereocenters. The minimum atomic E-state index is 0.0348. The van der Waals surface area contributed by atoms with Gasteiger partial charge in [-0.2, -0.15) is 4.37 Å². The monoisotopic (exact) mass is 287 g/mol. The van der Waals surface area contributed by atoms with Gasteiger partial charge in [0.1, 0.15) is 5.82 Å². The number of anilines is 1. The van der Waals surface area contributed by atoms with Crippen molar-refractivity contribution in [3.8, 4) is 0 Å². The fourth-order valence-electron chi connectivity index (χ4n) is 2.16. The molecule has 1 N–H and O–H groups in total. The van der Waals surface area contributed by atoms with Crippen molar-refractivity contribution in [2.45, 2.75) is 57.2 Å². The number of nitrogens with one attached hydrogen (secondary N) is 1. The SMILES string of the molecule is CC(C)(C)c1nsc(NCC2CCC(Cl)CC2)n1. The summed E-state index contributed by atoms with van der Waals surface area (Å²) in [6.07, 6.45) is 4.76. The smallest absolute Gasteiger partial charge is 0.202 e. The zero-order chi connectivity index (χ0) is 13.2. The van der Waals surface area contributed by atoms with Gasteiger partial charge in [-0.25, -0.2) is 4.98 Å². The Morgan fingerprint density at radius 2 is 1.94 bits per heavy atom. The van der Waals surface area contributed by atoms with E-state index >= 15 is 0 Å². The molecule has 5 heteroatoms. The van der Waals surface area contributed by atoms with Crippen LogP contribution >= 0.6 is 23.1 Å².